The van der Waals surface area contributed by atoms with Crippen molar-refractivity contribution in [1.29, 1.82) is 0 Å². The summed E-state index contributed by atoms with van der Waals surface area (Å²) >= 11 is 0. The van der Waals surface area contributed by atoms with E-state index in [0.29, 0.717) is 16.9 Å². The van der Waals surface area contributed by atoms with Crippen molar-refractivity contribution >= 4 is 8.32 Å². The van der Waals surface area contributed by atoms with Crippen molar-refractivity contribution < 1.29 is 4.43 Å². The predicted molar refractivity (Wildman–Crippen MR) is 146 cm³/mol. The summed E-state index contributed by atoms with van der Waals surface area (Å²) < 4.78 is 6.59. The molecule has 0 N–H and O–H groups in total. The molecule has 0 aliphatic heterocycles. The largest absolute Gasteiger partial charge is 0.414 e. The van der Waals surface area contributed by atoms with Gasteiger partial charge in [0.05, 0.1) is 0 Å². The van der Waals surface area contributed by atoms with Crippen LogP contribution in [0.4, 0.5) is 0 Å². The summed E-state index contributed by atoms with van der Waals surface area (Å²) in [6, 6.07) is 0. The maximum Gasteiger partial charge on any atom is 0.184 e. The van der Waals surface area contributed by atoms with Crippen LogP contribution in [-0.4, -0.2) is 14.4 Å². The first-order valence-electron chi connectivity index (χ1n) is 14.7. The number of fused-ring (bicyclic) bond motifs is 5. The Balaban J connectivity index is 1.46. The van der Waals surface area contributed by atoms with E-state index in [2.05, 4.69) is 67.3 Å². The lowest BCUT2D eigenvalue weighted by Crippen LogP contribution is -2.51. The maximum absolute atomic E-state index is 6.59. The van der Waals surface area contributed by atoms with E-state index in [4.69, 9.17) is 4.43 Å². The molecule has 0 aromatic carbocycles. The van der Waals surface area contributed by atoms with Gasteiger partial charge in [-0.1, -0.05) is 66.0 Å². The first-order chi connectivity index (χ1) is 15.3. The molecule has 9 atom stereocenters. The fourth-order valence-electron chi connectivity index (χ4n) is 9.26. The molecule has 4 aliphatic rings. The van der Waals surface area contributed by atoms with Crippen LogP contribution in [0.2, 0.25) is 19.6 Å². The van der Waals surface area contributed by atoms with Crippen LogP contribution in [0.25, 0.3) is 0 Å². The monoisotopic (exact) mass is 472 g/mol. The summed E-state index contributed by atoms with van der Waals surface area (Å²) in [5.74, 6) is 6.40. The molecule has 4 rings (SSSR count). The lowest BCUT2D eigenvalue weighted by molar-refractivity contribution is -0.0565. The van der Waals surface area contributed by atoms with E-state index in [0.717, 1.165) is 41.4 Å². The van der Waals surface area contributed by atoms with Gasteiger partial charge in [0, 0.05) is 6.10 Å². The van der Waals surface area contributed by atoms with Gasteiger partial charge in [0.2, 0.25) is 0 Å². The molecule has 33 heavy (non-hydrogen) atoms. The Morgan fingerprint density at radius 1 is 0.939 bits per heavy atom. The fourth-order valence-corrected chi connectivity index (χ4v) is 10.5. The van der Waals surface area contributed by atoms with Crippen LogP contribution < -0.4 is 0 Å². The van der Waals surface area contributed by atoms with Crippen LogP contribution in [0.15, 0.2) is 11.6 Å². The third-order valence-electron chi connectivity index (χ3n) is 11.6. The van der Waals surface area contributed by atoms with Crippen molar-refractivity contribution in [3.8, 4) is 0 Å². The van der Waals surface area contributed by atoms with Crippen LogP contribution in [0.5, 0.6) is 0 Å². The Hall–Kier alpha value is -0.0831. The second kappa shape index (κ2) is 9.42. The molecule has 0 bridgehead atoms. The summed E-state index contributed by atoms with van der Waals surface area (Å²) in [6.45, 7) is 22.3. The molecule has 0 saturated heterocycles. The molecule has 3 saturated carbocycles. The highest BCUT2D eigenvalue weighted by atomic mass is 28.4. The molecule has 1 nitrogen and oxygen atoms in total. The van der Waals surface area contributed by atoms with Gasteiger partial charge in [0.1, 0.15) is 0 Å². The van der Waals surface area contributed by atoms with Gasteiger partial charge in [-0.25, -0.2) is 0 Å². The Kier molecular flexibility index (Phi) is 7.42. The molecule has 4 aliphatic carbocycles. The molecule has 0 aromatic heterocycles. The van der Waals surface area contributed by atoms with Gasteiger partial charge >= 0.3 is 0 Å². The zero-order chi connectivity index (χ0) is 24.2. The highest BCUT2D eigenvalue weighted by molar-refractivity contribution is 6.69. The fraction of sp³-hybridized carbons (Fsp3) is 0.935. The minimum atomic E-state index is -1.45. The molecule has 0 spiro atoms. The van der Waals surface area contributed by atoms with Gasteiger partial charge in [0.15, 0.2) is 8.32 Å². The minimum absolute atomic E-state index is 0.458. The third kappa shape index (κ3) is 4.96. The van der Waals surface area contributed by atoms with Crippen molar-refractivity contribution in [2.24, 2.45) is 52.3 Å². The third-order valence-corrected chi connectivity index (χ3v) is 12.6. The zero-order valence-corrected chi connectivity index (χ0v) is 24.7. The topological polar surface area (TPSA) is 9.23 Å². The van der Waals surface area contributed by atoms with Gasteiger partial charge < -0.3 is 4.43 Å². The van der Waals surface area contributed by atoms with Gasteiger partial charge in [-0.2, -0.15) is 0 Å². The first-order valence-corrected chi connectivity index (χ1v) is 18.1. The molecular formula is C31H56OSi. The quantitative estimate of drug-likeness (QED) is 0.265. The molecular weight excluding hydrogens is 416 g/mol. The van der Waals surface area contributed by atoms with E-state index in [1.54, 1.807) is 5.57 Å². The Morgan fingerprint density at radius 2 is 1.67 bits per heavy atom. The minimum Gasteiger partial charge on any atom is -0.414 e. The molecule has 0 aromatic rings. The average molecular weight is 473 g/mol. The van der Waals surface area contributed by atoms with Crippen molar-refractivity contribution in [2.75, 3.05) is 0 Å². The Labute approximate surface area is 208 Å². The Bertz CT molecular complexity index is 719. The maximum atomic E-state index is 6.59. The number of rotatable bonds is 7. The van der Waals surface area contributed by atoms with E-state index < -0.39 is 8.32 Å². The normalized spacial score (nSPS) is 42.8. The first kappa shape index (κ1) is 26.0. The lowest BCUT2D eigenvalue weighted by Gasteiger charge is -2.58. The summed E-state index contributed by atoms with van der Waals surface area (Å²) in [4.78, 5) is 0. The smallest absolute Gasteiger partial charge is 0.184 e. The Morgan fingerprint density at radius 3 is 2.33 bits per heavy atom. The molecule has 0 heterocycles. The van der Waals surface area contributed by atoms with E-state index in [9.17, 15) is 0 Å². The van der Waals surface area contributed by atoms with E-state index in [1.807, 2.05) is 0 Å². The van der Waals surface area contributed by atoms with Crippen LogP contribution >= 0.6 is 0 Å². The predicted octanol–water partition coefficient (Wildman–Crippen LogP) is 9.49. The summed E-state index contributed by atoms with van der Waals surface area (Å²) in [5.41, 5.74) is 2.84. The summed E-state index contributed by atoms with van der Waals surface area (Å²) in [7, 11) is -1.45. The molecule has 190 valence electrons. The van der Waals surface area contributed by atoms with Crippen LogP contribution in [0.1, 0.15) is 106 Å². The van der Waals surface area contributed by atoms with Gasteiger partial charge in [-0.15, -0.1) is 0 Å². The zero-order valence-electron chi connectivity index (χ0n) is 23.7. The van der Waals surface area contributed by atoms with E-state index >= 15 is 0 Å². The van der Waals surface area contributed by atoms with Crippen molar-refractivity contribution in [2.45, 2.75) is 131 Å². The van der Waals surface area contributed by atoms with E-state index in [1.165, 1.54) is 64.2 Å². The lowest BCUT2D eigenvalue weighted by atomic mass is 9.47. The van der Waals surface area contributed by atoms with Gasteiger partial charge in [-0.05, 0) is 123 Å². The summed E-state index contributed by atoms with van der Waals surface area (Å²) in [5, 5.41) is 0. The molecule has 0 amide bonds. The standard InChI is InChI=1S/C31H56OSi/c1-21(2)22(3)10-11-23(4)27-14-15-28-26-13-12-24-20-25(32-33(7,8)9)16-18-30(24,5)29(26)17-19-31(27,28)6/h12,21-23,25-29H,10-11,13-20H2,1-9H3/t22?,23-,25+,26?,27-,28?,29?,30?,31?/m1/s1. The molecule has 6 unspecified atom stereocenters. The van der Waals surface area contributed by atoms with Crippen molar-refractivity contribution in [3.05, 3.63) is 11.6 Å². The second-order valence-electron chi connectivity index (χ2n) is 14.9. The SMILES string of the molecule is CC(C)C(C)CC[C@@H](C)[C@H]1CCC2C3CC=C4C[C@@H](O[Si](C)(C)C)CCC4(C)C3CCC21C. The molecule has 0 radical (unpaired) electrons. The van der Waals surface area contributed by atoms with Crippen LogP contribution in [0.3, 0.4) is 0 Å². The van der Waals surface area contributed by atoms with Crippen LogP contribution in [-0.2, 0) is 4.43 Å². The van der Waals surface area contributed by atoms with E-state index in [-0.39, 0.29) is 0 Å². The number of allylic oxidation sites excluding steroid dienone is 1. The highest BCUT2D eigenvalue weighted by Crippen LogP contribution is 2.67. The van der Waals surface area contributed by atoms with Gasteiger partial charge in [0.25, 0.3) is 0 Å². The molecule has 2 heteroatoms. The van der Waals surface area contributed by atoms with Gasteiger partial charge in [-0.3, -0.25) is 0 Å². The summed E-state index contributed by atoms with van der Waals surface area (Å²) in [6.07, 6.45) is 17.3. The number of hydrogen-bond donors (Lipinski definition) is 0. The average Bonchev–Trinajstić information content (AvgIpc) is 3.08. The molecule has 3 fully saturated rings. The van der Waals surface area contributed by atoms with Crippen molar-refractivity contribution in [3.63, 3.8) is 0 Å². The highest BCUT2D eigenvalue weighted by Gasteiger charge is 2.59. The number of hydrogen-bond acceptors (Lipinski definition) is 1. The van der Waals surface area contributed by atoms with Crippen molar-refractivity contribution in [1.82, 2.24) is 0 Å². The van der Waals surface area contributed by atoms with Crippen LogP contribution in [0, 0.1) is 52.3 Å². The second-order valence-corrected chi connectivity index (χ2v) is 19.3.